The number of para-hydroxylation sites is 2. The van der Waals surface area contributed by atoms with E-state index < -0.39 is 0 Å². The molecular weight excluding hydrogens is 416 g/mol. The second-order valence-corrected chi connectivity index (χ2v) is 7.54. The zero-order valence-electron chi connectivity index (χ0n) is 16.5. The molecule has 0 bridgehead atoms. The Hall–Kier alpha value is -3.75. The Bertz CT molecular complexity index is 1290. The van der Waals surface area contributed by atoms with E-state index in [4.69, 9.17) is 11.6 Å². The number of aliphatic imine (C=N–C) groups is 1. The van der Waals surface area contributed by atoms with Crippen LogP contribution in [0.3, 0.4) is 0 Å². The third-order valence-electron chi connectivity index (χ3n) is 5.06. The Morgan fingerprint density at radius 2 is 2.06 bits per heavy atom. The zero-order chi connectivity index (χ0) is 21.5. The maximum atomic E-state index is 13.6. The average Bonchev–Trinajstić information content (AvgIpc) is 3.12. The Labute approximate surface area is 182 Å². The van der Waals surface area contributed by atoms with Gasteiger partial charge in [-0.25, -0.2) is 15.0 Å². The van der Waals surface area contributed by atoms with Gasteiger partial charge in [-0.15, -0.1) is 0 Å². The predicted octanol–water partition coefficient (Wildman–Crippen LogP) is 4.27. The summed E-state index contributed by atoms with van der Waals surface area (Å²) in [6, 6.07) is 12.4. The summed E-state index contributed by atoms with van der Waals surface area (Å²) in [5.41, 5.74) is 2.98. The monoisotopic (exact) mass is 432 g/mol. The Morgan fingerprint density at radius 3 is 2.84 bits per heavy atom. The topological polar surface area (TPSA) is 97.7 Å². The molecule has 9 heteroatoms. The molecule has 5 rings (SSSR count). The van der Waals surface area contributed by atoms with E-state index >= 15 is 0 Å². The lowest BCUT2D eigenvalue weighted by molar-refractivity contribution is 0.0373. The normalized spacial score (nSPS) is 15.1. The number of H-pyrrole nitrogens is 1. The van der Waals surface area contributed by atoms with E-state index in [9.17, 15) is 10.0 Å². The van der Waals surface area contributed by atoms with Gasteiger partial charge in [-0.2, -0.15) is 5.10 Å². The van der Waals surface area contributed by atoms with Crippen LogP contribution in [0.1, 0.15) is 16.2 Å². The number of aryl methyl sites for hydroxylation is 1. The third-order valence-corrected chi connectivity index (χ3v) is 5.37. The molecular formula is C22H17ClN6O2. The van der Waals surface area contributed by atoms with E-state index in [0.29, 0.717) is 50.6 Å². The number of aromatic amines is 1. The molecule has 3 heterocycles. The molecule has 0 fully saturated rings. The Balaban J connectivity index is 1.55. The first-order valence-corrected chi connectivity index (χ1v) is 9.93. The van der Waals surface area contributed by atoms with Gasteiger partial charge < -0.3 is 4.90 Å². The van der Waals surface area contributed by atoms with E-state index in [2.05, 4.69) is 20.2 Å². The van der Waals surface area contributed by atoms with Crippen LogP contribution in [0.15, 0.2) is 71.4 Å². The van der Waals surface area contributed by atoms with E-state index in [1.165, 1.54) is 6.20 Å². The number of amidine groups is 1. The summed E-state index contributed by atoms with van der Waals surface area (Å²) in [5, 5.41) is 18.4. The van der Waals surface area contributed by atoms with Crippen LogP contribution in [-0.4, -0.2) is 43.7 Å². The lowest BCUT2D eigenvalue weighted by Gasteiger charge is -2.25. The summed E-state index contributed by atoms with van der Waals surface area (Å²) in [6.07, 6.45) is 5.03. The second kappa shape index (κ2) is 7.50. The lowest BCUT2D eigenvalue weighted by atomic mass is 10.1. The molecule has 8 nitrogen and oxygen atoms in total. The number of anilines is 1. The standard InChI is InChI=1S/C22H17ClN6O2/c1-13-24-20(27-26-13)14-8-9-16(17(23)11-14)22(30)28-12-15-5-4-10-29(31)21(15)25-18-6-2-3-7-19(18)28/h2-11,31H,12H2,1H3,(H,24,26,27). The van der Waals surface area contributed by atoms with Gasteiger partial charge in [0.15, 0.2) is 11.7 Å². The lowest BCUT2D eigenvalue weighted by Crippen LogP contribution is -2.36. The van der Waals surface area contributed by atoms with Gasteiger partial charge in [0.05, 0.1) is 28.5 Å². The second-order valence-electron chi connectivity index (χ2n) is 7.13. The highest BCUT2D eigenvalue weighted by molar-refractivity contribution is 6.35. The molecule has 2 aromatic carbocycles. The number of nitrogens with one attached hydrogen (secondary N) is 1. The molecule has 0 spiro atoms. The fourth-order valence-corrected chi connectivity index (χ4v) is 3.82. The van der Waals surface area contributed by atoms with Gasteiger partial charge in [-0.3, -0.25) is 15.1 Å². The summed E-state index contributed by atoms with van der Waals surface area (Å²) in [4.78, 5) is 24.1. The van der Waals surface area contributed by atoms with Crippen molar-refractivity contribution in [3.05, 3.63) is 82.8 Å². The molecule has 154 valence electrons. The van der Waals surface area contributed by atoms with Crippen LogP contribution in [0, 0.1) is 6.92 Å². The molecule has 0 unspecified atom stereocenters. The molecule has 2 aliphatic rings. The van der Waals surface area contributed by atoms with Crippen molar-refractivity contribution in [1.29, 1.82) is 0 Å². The van der Waals surface area contributed by atoms with Crippen LogP contribution < -0.4 is 4.90 Å². The first-order chi connectivity index (χ1) is 15.0. The van der Waals surface area contributed by atoms with E-state index in [1.54, 1.807) is 35.2 Å². The number of halogens is 1. The van der Waals surface area contributed by atoms with Crippen LogP contribution in [0.5, 0.6) is 0 Å². The molecule has 1 aromatic heterocycles. The van der Waals surface area contributed by atoms with Gasteiger partial charge in [0.25, 0.3) is 5.91 Å². The number of fused-ring (bicyclic) bond motifs is 2. The van der Waals surface area contributed by atoms with Crippen molar-refractivity contribution in [1.82, 2.24) is 20.2 Å². The fourth-order valence-electron chi connectivity index (χ4n) is 3.56. The number of hydrogen-bond donors (Lipinski definition) is 2. The zero-order valence-corrected chi connectivity index (χ0v) is 17.2. The number of nitrogens with zero attached hydrogens (tertiary/aromatic N) is 5. The molecule has 2 N–H and O–H groups in total. The number of allylic oxidation sites excluding steroid dienone is 2. The fraction of sp³-hybridized carbons (Fsp3) is 0.0909. The molecule has 1 amide bonds. The number of hydroxylamine groups is 2. The van der Waals surface area contributed by atoms with Gasteiger partial charge >= 0.3 is 0 Å². The number of carbonyl (C=O) groups is 1. The summed E-state index contributed by atoms with van der Waals surface area (Å²) in [7, 11) is 0. The largest absolute Gasteiger partial charge is 0.302 e. The highest BCUT2D eigenvalue weighted by atomic mass is 35.5. The van der Waals surface area contributed by atoms with E-state index in [1.807, 2.05) is 31.2 Å². The number of rotatable bonds is 2. The SMILES string of the molecule is Cc1nc(-c2ccc(C(=O)N3CC4=CC=CN(O)C4=Nc4ccccc43)c(Cl)c2)n[nH]1. The number of benzene rings is 2. The van der Waals surface area contributed by atoms with E-state index in [-0.39, 0.29) is 12.5 Å². The number of hydrogen-bond acceptors (Lipinski definition) is 6. The Morgan fingerprint density at radius 1 is 1.23 bits per heavy atom. The molecule has 0 aliphatic carbocycles. The van der Waals surface area contributed by atoms with E-state index in [0.717, 1.165) is 5.06 Å². The van der Waals surface area contributed by atoms with Crippen LogP contribution in [0.25, 0.3) is 11.4 Å². The summed E-state index contributed by atoms with van der Waals surface area (Å²) >= 11 is 6.51. The van der Waals surface area contributed by atoms with Crippen LogP contribution in [0.4, 0.5) is 11.4 Å². The molecule has 0 radical (unpaired) electrons. The van der Waals surface area contributed by atoms with Crippen LogP contribution in [0.2, 0.25) is 5.02 Å². The first kappa shape index (κ1) is 19.2. The van der Waals surface area contributed by atoms with Crippen molar-refractivity contribution < 1.29 is 10.0 Å². The van der Waals surface area contributed by atoms with Crippen molar-refractivity contribution in [2.24, 2.45) is 4.99 Å². The van der Waals surface area contributed by atoms with Crippen LogP contribution in [-0.2, 0) is 0 Å². The minimum Gasteiger partial charge on any atom is -0.302 e. The van der Waals surface area contributed by atoms with Gasteiger partial charge in [0.2, 0.25) is 0 Å². The highest BCUT2D eigenvalue weighted by Crippen LogP contribution is 2.35. The maximum Gasteiger partial charge on any atom is 0.260 e. The van der Waals surface area contributed by atoms with Crippen molar-refractivity contribution in [3.63, 3.8) is 0 Å². The van der Waals surface area contributed by atoms with Gasteiger partial charge in [-0.1, -0.05) is 35.9 Å². The minimum atomic E-state index is -0.272. The predicted molar refractivity (Wildman–Crippen MR) is 118 cm³/mol. The molecule has 2 aliphatic heterocycles. The number of carbonyl (C=O) groups excluding carboxylic acids is 1. The molecule has 3 aromatic rings. The highest BCUT2D eigenvalue weighted by Gasteiger charge is 2.29. The van der Waals surface area contributed by atoms with Crippen molar-refractivity contribution in [2.45, 2.75) is 6.92 Å². The number of aromatic nitrogens is 3. The number of amides is 1. The third kappa shape index (κ3) is 3.41. The summed E-state index contributed by atoms with van der Waals surface area (Å²) < 4.78 is 0. The smallest absolute Gasteiger partial charge is 0.260 e. The summed E-state index contributed by atoms with van der Waals surface area (Å²) in [6.45, 7) is 2.04. The average molecular weight is 433 g/mol. The first-order valence-electron chi connectivity index (χ1n) is 9.55. The van der Waals surface area contributed by atoms with Crippen molar-refractivity contribution in [3.8, 4) is 11.4 Å². The molecule has 0 atom stereocenters. The summed E-state index contributed by atoms with van der Waals surface area (Å²) in [5.74, 6) is 1.31. The van der Waals surface area contributed by atoms with Gasteiger partial charge in [0, 0.05) is 17.3 Å². The quantitative estimate of drug-likeness (QED) is 0.630. The Kier molecular flexibility index (Phi) is 4.65. The molecule has 31 heavy (non-hydrogen) atoms. The molecule has 0 saturated carbocycles. The van der Waals surface area contributed by atoms with Crippen LogP contribution >= 0.6 is 11.6 Å². The minimum absolute atomic E-state index is 0.230. The van der Waals surface area contributed by atoms with Crippen molar-refractivity contribution in [2.75, 3.05) is 11.4 Å². The van der Waals surface area contributed by atoms with Crippen molar-refractivity contribution >= 4 is 34.7 Å². The van der Waals surface area contributed by atoms with Gasteiger partial charge in [-0.05, 0) is 37.3 Å². The van der Waals surface area contributed by atoms with Gasteiger partial charge in [0.1, 0.15) is 5.82 Å². The molecule has 0 saturated heterocycles. The maximum absolute atomic E-state index is 13.6.